The topological polar surface area (TPSA) is 153 Å². The van der Waals surface area contributed by atoms with Crippen molar-refractivity contribution >= 4 is 40.8 Å². The van der Waals surface area contributed by atoms with Gasteiger partial charge in [-0.25, -0.2) is 4.79 Å². The van der Waals surface area contributed by atoms with E-state index < -0.39 is 24.4 Å². The van der Waals surface area contributed by atoms with Gasteiger partial charge in [-0.15, -0.1) is 11.3 Å². The lowest BCUT2D eigenvalue weighted by molar-refractivity contribution is -0.135. The molecule has 0 unspecified atom stereocenters. The summed E-state index contributed by atoms with van der Waals surface area (Å²) in [7, 11) is 1.31. The second-order valence-electron chi connectivity index (χ2n) is 7.94. The molecule has 0 spiro atoms. The van der Waals surface area contributed by atoms with Crippen LogP contribution in [0.2, 0.25) is 0 Å². The number of carbonyl (C=O) groups excluding carboxylic acids is 3. The van der Waals surface area contributed by atoms with Gasteiger partial charge in [-0.3, -0.25) is 19.3 Å². The number of carboxylic acids is 1. The summed E-state index contributed by atoms with van der Waals surface area (Å²) in [5.41, 5.74) is 13.9. The molecule has 4 rings (SSSR count). The molecular weight excluding hydrogens is 482 g/mol. The molecule has 0 atom stereocenters. The monoisotopic (exact) mass is 509 g/mol. The van der Waals surface area contributed by atoms with Crippen molar-refractivity contribution in [1.82, 2.24) is 0 Å². The van der Waals surface area contributed by atoms with E-state index in [9.17, 15) is 19.2 Å². The molecule has 0 radical (unpaired) electrons. The molecule has 9 nitrogen and oxygen atoms in total. The van der Waals surface area contributed by atoms with Crippen LogP contribution in [0.25, 0.3) is 0 Å². The van der Waals surface area contributed by atoms with Crippen molar-refractivity contribution in [3.8, 4) is 0 Å². The van der Waals surface area contributed by atoms with Crippen LogP contribution < -0.4 is 16.4 Å². The Morgan fingerprint density at radius 3 is 2.39 bits per heavy atom. The lowest BCUT2D eigenvalue weighted by Gasteiger charge is -2.21. The molecule has 1 aliphatic rings. The molecule has 0 bridgehead atoms. The van der Waals surface area contributed by atoms with E-state index in [2.05, 4.69) is 4.74 Å². The third kappa shape index (κ3) is 6.15. The first-order valence-corrected chi connectivity index (χ1v) is 12.0. The van der Waals surface area contributed by atoms with Gasteiger partial charge in [-0.05, 0) is 54.7 Å². The summed E-state index contributed by atoms with van der Waals surface area (Å²) in [6.07, 6.45) is 2.80. The van der Waals surface area contributed by atoms with Crippen LogP contribution in [-0.2, 0) is 28.9 Å². The number of fused-ring (bicyclic) bond motifs is 1. The highest BCUT2D eigenvalue weighted by Crippen LogP contribution is 2.35. The first-order chi connectivity index (χ1) is 17.3. The van der Waals surface area contributed by atoms with Crippen LogP contribution in [0.15, 0.2) is 54.6 Å². The normalized spacial score (nSPS) is 11.6. The second kappa shape index (κ2) is 12.1. The number of carbonyl (C=O) groups is 4. The number of nitrogens with zero attached hydrogens (tertiary/aromatic N) is 1. The smallest absolute Gasteiger partial charge is 0.339 e. The molecule has 0 fully saturated rings. The quantitative estimate of drug-likeness (QED) is 0.414. The summed E-state index contributed by atoms with van der Waals surface area (Å²) in [4.78, 5) is 49.0. The Labute approximate surface area is 212 Å². The van der Waals surface area contributed by atoms with Crippen molar-refractivity contribution in [2.45, 2.75) is 25.8 Å². The SMILES string of the molecule is COC(=O)c1c(C(N)=O)sc2c1CCC2.NCc1cccc(C(=O)N(CC(=O)O)c2ccccc2)c1. The molecule has 2 aromatic carbocycles. The third-order valence-electron chi connectivity index (χ3n) is 5.55. The summed E-state index contributed by atoms with van der Waals surface area (Å²) < 4.78 is 4.67. The zero-order chi connectivity index (χ0) is 26.2. The highest BCUT2D eigenvalue weighted by atomic mass is 32.1. The van der Waals surface area contributed by atoms with Gasteiger partial charge >= 0.3 is 11.9 Å². The van der Waals surface area contributed by atoms with Crippen LogP contribution in [0.3, 0.4) is 0 Å². The van der Waals surface area contributed by atoms with Crippen molar-refractivity contribution in [1.29, 1.82) is 0 Å². The molecule has 0 saturated heterocycles. The number of methoxy groups -OCH3 is 1. The first-order valence-electron chi connectivity index (χ1n) is 11.2. The molecule has 1 aliphatic carbocycles. The Bertz CT molecular complexity index is 1270. The standard InChI is InChI=1S/C16H16N2O3.C10H11NO3S/c17-10-12-5-4-6-13(9-12)16(21)18(11-15(19)20)14-7-2-1-3-8-14;1-14-10(13)7-5-3-2-4-6(5)15-8(7)9(11)12/h1-9H,10-11,17H2,(H,19,20);2-4H2,1H3,(H2,11,12). The van der Waals surface area contributed by atoms with Crippen molar-refractivity contribution < 1.29 is 29.0 Å². The van der Waals surface area contributed by atoms with Crippen LogP contribution in [0.1, 0.15) is 52.8 Å². The van der Waals surface area contributed by atoms with Gasteiger partial charge in [0.2, 0.25) is 0 Å². The summed E-state index contributed by atoms with van der Waals surface area (Å²) in [6, 6.07) is 15.6. The van der Waals surface area contributed by atoms with E-state index in [0.717, 1.165) is 35.3 Å². The van der Waals surface area contributed by atoms with Crippen LogP contribution in [-0.4, -0.2) is 42.5 Å². The molecule has 5 N–H and O–H groups in total. The lowest BCUT2D eigenvalue weighted by Crippen LogP contribution is -2.35. The number of ether oxygens (including phenoxy) is 1. The van der Waals surface area contributed by atoms with Gasteiger partial charge < -0.3 is 21.3 Å². The van der Waals surface area contributed by atoms with E-state index in [1.807, 2.05) is 12.1 Å². The summed E-state index contributed by atoms with van der Waals surface area (Å²) >= 11 is 1.33. The van der Waals surface area contributed by atoms with E-state index in [1.54, 1.807) is 42.5 Å². The highest BCUT2D eigenvalue weighted by molar-refractivity contribution is 7.14. The predicted octanol–water partition coefficient (Wildman–Crippen LogP) is 3.00. The van der Waals surface area contributed by atoms with E-state index in [4.69, 9.17) is 16.6 Å². The zero-order valence-electron chi connectivity index (χ0n) is 19.7. The minimum absolute atomic E-state index is 0.325. The van der Waals surface area contributed by atoms with Gasteiger partial charge in [-0.2, -0.15) is 0 Å². The molecule has 188 valence electrons. The average Bonchev–Trinajstić information content (AvgIpc) is 3.49. The number of hydrogen-bond donors (Lipinski definition) is 3. The van der Waals surface area contributed by atoms with E-state index in [0.29, 0.717) is 28.2 Å². The third-order valence-corrected chi connectivity index (χ3v) is 6.86. The maximum atomic E-state index is 12.6. The van der Waals surface area contributed by atoms with Gasteiger partial charge in [0, 0.05) is 22.7 Å². The maximum absolute atomic E-state index is 12.6. The molecule has 1 heterocycles. The van der Waals surface area contributed by atoms with Crippen molar-refractivity contribution in [2.24, 2.45) is 11.5 Å². The number of esters is 1. The number of hydrogen-bond acceptors (Lipinski definition) is 7. The largest absolute Gasteiger partial charge is 0.480 e. The number of primary amides is 1. The van der Waals surface area contributed by atoms with Crippen molar-refractivity contribution in [2.75, 3.05) is 18.6 Å². The number of amides is 2. The molecule has 2 amide bonds. The van der Waals surface area contributed by atoms with Gasteiger partial charge in [0.25, 0.3) is 11.8 Å². The number of nitrogens with two attached hydrogens (primary N) is 2. The molecule has 3 aromatic rings. The summed E-state index contributed by atoms with van der Waals surface area (Å²) in [5.74, 6) is -2.43. The highest BCUT2D eigenvalue weighted by Gasteiger charge is 2.29. The van der Waals surface area contributed by atoms with Crippen LogP contribution in [0.4, 0.5) is 5.69 Å². The first kappa shape index (κ1) is 26.6. The van der Waals surface area contributed by atoms with Crippen LogP contribution in [0, 0.1) is 0 Å². The van der Waals surface area contributed by atoms with Crippen LogP contribution in [0.5, 0.6) is 0 Å². The Morgan fingerprint density at radius 1 is 1.06 bits per heavy atom. The molecule has 36 heavy (non-hydrogen) atoms. The fourth-order valence-corrected chi connectivity index (χ4v) is 5.14. The number of aliphatic carboxylic acids is 1. The van der Waals surface area contributed by atoms with E-state index in [-0.39, 0.29) is 5.91 Å². The van der Waals surface area contributed by atoms with Gasteiger partial charge in [-0.1, -0.05) is 30.3 Å². The number of thiophene rings is 1. The number of aryl methyl sites for hydroxylation is 1. The minimum Gasteiger partial charge on any atom is -0.480 e. The fraction of sp³-hybridized carbons (Fsp3) is 0.231. The van der Waals surface area contributed by atoms with Crippen molar-refractivity contribution in [3.63, 3.8) is 0 Å². The lowest BCUT2D eigenvalue weighted by atomic mass is 10.1. The number of carboxylic acid groups (broad SMARTS) is 1. The molecule has 0 saturated carbocycles. The van der Waals surface area contributed by atoms with Crippen molar-refractivity contribution in [3.05, 3.63) is 86.6 Å². The van der Waals surface area contributed by atoms with E-state index >= 15 is 0 Å². The minimum atomic E-state index is -1.07. The zero-order valence-corrected chi connectivity index (χ0v) is 20.5. The molecule has 10 heteroatoms. The van der Waals surface area contributed by atoms with Gasteiger partial charge in [0.05, 0.1) is 12.7 Å². The molecule has 1 aromatic heterocycles. The average molecular weight is 510 g/mol. The van der Waals surface area contributed by atoms with E-state index in [1.165, 1.54) is 23.3 Å². The maximum Gasteiger partial charge on any atom is 0.339 e. The predicted molar refractivity (Wildman–Crippen MR) is 136 cm³/mol. The van der Waals surface area contributed by atoms with Gasteiger partial charge in [0.15, 0.2) is 0 Å². The number of anilines is 1. The fourth-order valence-electron chi connectivity index (χ4n) is 3.91. The van der Waals surface area contributed by atoms with Gasteiger partial charge in [0.1, 0.15) is 11.4 Å². The molecule has 0 aliphatic heterocycles. The number of para-hydroxylation sites is 1. The Balaban J connectivity index is 0.000000212. The Morgan fingerprint density at radius 2 is 1.78 bits per heavy atom. The summed E-state index contributed by atoms with van der Waals surface area (Å²) in [5, 5.41) is 9.03. The Hall–Kier alpha value is -4.02. The molecular formula is C26H27N3O6S. The number of rotatable bonds is 7. The second-order valence-corrected chi connectivity index (χ2v) is 9.05. The Kier molecular flexibility index (Phi) is 8.93. The summed E-state index contributed by atoms with van der Waals surface area (Å²) in [6.45, 7) is -0.0684. The number of benzene rings is 2. The van der Waals surface area contributed by atoms with Crippen LogP contribution >= 0.6 is 11.3 Å².